The predicted octanol–water partition coefficient (Wildman–Crippen LogP) is 18.8. The standard InChI is InChI=1S/C60H37N3S3/c1-3-14-38(15-4-1)62(54-23-13-21-49-46-20-9-12-25-56(46)66-60(49)54)41-29-33-57-51(35-41)48-31-27-43(37-59(48)65-57)61(42-26-30-47-45-19-8-11-24-55(45)64-58(47)36-42)40-28-32-53-50(34-40)44-18-7-10-22-52(44)63(53)39-16-5-2-6-17-39/h1-37H. The van der Waals surface area contributed by atoms with E-state index in [4.69, 9.17) is 0 Å². The largest absolute Gasteiger partial charge is 0.310 e. The van der Waals surface area contributed by atoms with Crippen LogP contribution < -0.4 is 9.80 Å². The highest BCUT2D eigenvalue weighted by atomic mass is 32.1. The van der Waals surface area contributed by atoms with E-state index in [1.807, 2.05) is 34.0 Å². The van der Waals surface area contributed by atoms with E-state index in [1.54, 1.807) is 0 Å². The maximum Gasteiger partial charge on any atom is 0.0640 e. The van der Waals surface area contributed by atoms with Crippen molar-refractivity contribution in [3.63, 3.8) is 0 Å². The van der Waals surface area contributed by atoms with Crippen molar-refractivity contribution in [3.8, 4) is 5.69 Å². The third kappa shape index (κ3) is 5.86. The zero-order valence-corrected chi connectivity index (χ0v) is 37.9. The number of hydrogen-bond donors (Lipinski definition) is 0. The molecule has 0 bridgehead atoms. The maximum atomic E-state index is 2.45. The smallest absolute Gasteiger partial charge is 0.0640 e. The number of benzene rings is 10. The van der Waals surface area contributed by atoms with E-state index in [0.29, 0.717) is 0 Å². The summed E-state index contributed by atoms with van der Waals surface area (Å²) in [4.78, 5) is 4.89. The van der Waals surface area contributed by atoms with Gasteiger partial charge in [0.05, 0.1) is 21.4 Å². The van der Waals surface area contributed by atoms with Gasteiger partial charge in [0.15, 0.2) is 0 Å². The summed E-state index contributed by atoms with van der Waals surface area (Å²) in [6, 6.07) is 82.6. The molecule has 4 aromatic heterocycles. The summed E-state index contributed by atoms with van der Waals surface area (Å²) < 4.78 is 10.1. The minimum absolute atomic E-state index is 1.12. The Morgan fingerprint density at radius 2 is 0.773 bits per heavy atom. The van der Waals surface area contributed by atoms with Crippen LogP contribution in [-0.4, -0.2) is 4.57 Å². The Morgan fingerprint density at radius 1 is 0.273 bits per heavy atom. The first kappa shape index (κ1) is 37.6. The van der Waals surface area contributed by atoms with Gasteiger partial charge in [-0.1, -0.05) is 115 Å². The molecule has 3 nitrogen and oxygen atoms in total. The van der Waals surface area contributed by atoms with Crippen LogP contribution in [0.2, 0.25) is 0 Å². The van der Waals surface area contributed by atoms with Crippen molar-refractivity contribution in [1.29, 1.82) is 0 Å². The van der Waals surface area contributed by atoms with Gasteiger partial charge in [-0.05, 0) is 109 Å². The van der Waals surface area contributed by atoms with Crippen LogP contribution in [-0.2, 0) is 0 Å². The van der Waals surface area contributed by atoms with Crippen molar-refractivity contribution >= 4 is 150 Å². The van der Waals surface area contributed by atoms with E-state index in [2.05, 4.69) is 239 Å². The lowest BCUT2D eigenvalue weighted by atomic mass is 10.1. The number of fused-ring (bicyclic) bond motifs is 12. The van der Waals surface area contributed by atoms with Crippen LogP contribution in [0, 0.1) is 0 Å². The quantitative estimate of drug-likeness (QED) is 0.158. The van der Waals surface area contributed by atoms with E-state index >= 15 is 0 Å². The summed E-state index contributed by atoms with van der Waals surface area (Å²) in [6.07, 6.45) is 0. The molecule has 0 saturated carbocycles. The summed E-state index contributed by atoms with van der Waals surface area (Å²) in [5.74, 6) is 0. The Balaban J connectivity index is 0.944. The fourth-order valence-corrected chi connectivity index (χ4v) is 13.7. The SMILES string of the molecule is c1ccc(N(c2ccc3sc4cc(N(c5ccc6c(c5)sc5ccccc56)c5ccc6c(c5)c5ccccc5n6-c5ccccc5)ccc4c3c2)c2cccc3c2sc2ccccc23)cc1. The molecule has 0 aliphatic rings. The second kappa shape index (κ2) is 14.9. The van der Waals surface area contributed by atoms with Gasteiger partial charge in [-0.15, -0.1) is 34.0 Å². The van der Waals surface area contributed by atoms with Gasteiger partial charge in [-0.3, -0.25) is 0 Å². The van der Waals surface area contributed by atoms with E-state index in [0.717, 1.165) is 34.1 Å². The number of rotatable bonds is 7. The highest BCUT2D eigenvalue weighted by molar-refractivity contribution is 7.27. The highest BCUT2D eigenvalue weighted by Crippen LogP contribution is 2.48. The Labute approximate surface area is 392 Å². The Morgan fingerprint density at radius 3 is 1.53 bits per heavy atom. The fourth-order valence-electron chi connectivity index (χ4n) is 10.2. The van der Waals surface area contributed by atoms with E-state index in [1.165, 1.54) is 88.0 Å². The first-order valence-corrected chi connectivity index (χ1v) is 24.7. The van der Waals surface area contributed by atoms with Crippen molar-refractivity contribution in [3.05, 3.63) is 224 Å². The number of thiophene rings is 3. The second-order valence-electron chi connectivity index (χ2n) is 16.9. The van der Waals surface area contributed by atoms with Crippen molar-refractivity contribution < 1.29 is 0 Å². The van der Waals surface area contributed by atoms with Crippen molar-refractivity contribution in [2.24, 2.45) is 0 Å². The molecule has 0 radical (unpaired) electrons. The molecular formula is C60H37N3S3. The predicted molar refractivity (Wildman–Crippen MR) is 289 cm³/mol. The van der Waals surface area contributed by atoms with Crippen LogP contribution in [0.15, 0.2) is 224 Å². The average Bonchev–Trinajstić information content (AvgIpc) is 4.13. The minimum Gasteiger partial charge on any atom is -0.310 e. The molecule has 0 aliphatic heterocycles. The van der Waals surface area contributed by atoms with Crippen LogP contribution in [0.1, 0.15) is 0 Å². The molecule has 6 heteroatoms. The Bertz CT molecular complexity index is 4200. The van der Waals surface area contributed by atoms with Gasteiger partial charge in [-0.25, -0.2) is 0 Å². The molecule has 0 amide bonds. The monoisotopic (exact) mass is 895 g/mol. The van der Waals surface area contributed by atoms with Crippen LogP contribution in [0.4, 0.5) is 34.1 Å². The van der Waals surface area contributed by atoms with Gasteiger partial charge in [0.25, 0.3) is 0 Å². The topological polar surface area (TPSA) is 11.4 Å². The normalized spacial score (nSPS) is 11.9. The third-order valence-electron chi connectivity index (χ3n) is 13.1. The highest BCUT2D eigenvalue weighted by Gasteiger charge is 2.22. The van der Waals surface area contributed by atoms with Crippen molar-refractivity contribution in [2.75, 3.05) is 9.80 Å². The number of nitrogens with zero attached hydrogens (tertiary/aromatic N) is 3. The molecule has 0 aliphatic carbocycles. The molecular weight excluding hydrogens is 859 g/mol. The molecule has 10 aromatic carbocycles. The van der Waals surface area contributed by atoms with Gasteiger partial charge in [0.1, 0.15) is 0 Å². The molecule has 66 heavy (non-hydrogen) atoms. The lowest BCUT2D eigenvalue weighted by Gasteiger charge is -2.26. The molecule has 0 fully saturated rings. The molecule has 14 aromatic rings. The third-order valence-corrected chi connectivity index (χ3v) is 16.6. The van der Waals surface area contributed by atoms with Gasteiger partial charge in [-0.2, -0.15) is 0 Å². The number of para-hydroxylation sites is 3. The van der Waals surface area contributed by atoms with Crippen molar-refractivity contribution in [1.82, 2.24) is 4.57 Å². The zero-order valence-electron chi connectivity index (χ0n) is 35.4. The fraction of sp³-hybridized carbons (Fsp3) is 0. The molecule has 0 unspecified atom stereocenters. The molecule has 0 spiro atoms. The van der Waals surface area contributed by atoms with E-state index in [-0.39, 0.29) is 0 Å². The lowest BCUT2D eigenvalue weighted by molar-refractivity contribution is 1.18. The summed E-state index contributed by atoms with van der Waals surface area (Å²) in [5, 5.41) is 10.2. The van der Waals surface area contributed by atoms with Gasteiger partial charge >= 0.3 is 0 Å². The second-order valence-corrected chi connectivity index (χ2v) is 20.1. The van der Waals surface area contributed by atoms with Crippen molar-refractivity contribution in [2.45, 2.75) is 0 Å². The Hall–Kier alpha value is -7.74. The van der Waals surface area contributed by atoms with Gasteiger partial charge in [0.2, 0.25) is 0 Å². The van der Waals surface area contributed by atoms with E-state index in [9.17, 15) is 0 Å². The van der Waals surface area contributed by atoms with Gasteiger partial charge < -0.3 is 14.4 Å². The number of aromatic nitrogens is 1. The molecule has 4 heterocycles. The summed E-state index contributed by atoms with van der Waals surface area (Å²) in [7, 11) is 0. The summed E-state index contributed by atoms with van der Waals surface area (Å²) in [6.45, 7) is 0. The average molecular weight is 896 g/mol. The molecule has 14 rings (SSSR count). The van der Waals surface area contributed by atoms with E-state index < -0.39 is 0 Å². The summed E-state index contributed by atoms with van der Waals surface area (Å²) in [5.41, 5.74) is 10.4. The number of anilines is 6. The lowest BCUT2D eigenvalue weighted by Crippen LogP contribution is -2.10. The first-order valence-electron chi connectivity index (χ1n) is 22.2. The van der Waals surface area contributed by atoms with Crippen LogP contribution in [0.3, 0.4) is 0 Å². The summed E-state index contributed by atoms with van der Waals surface area (Å²) >= 11 is 5.60. The molecule has 0 saturated heterocycles. The van der Waals surface area contributed by atoms with Crippen LogP contribution in [0.5, 0.6) is 0 Å². The zero-order chi connectivity index (χ0) is 43.3. The molecule has 0 atom stereocenters. The van der Waals surface area contributed by atoms with Crippen LogP contribution in [0.25, 0.3) is 88.0 Å². The molecule has 0 N–H and O–H groups in total. The number of hydrogen-bond acceptors (Lipinski definition) is 5. The minimum atomic E-state index is 1.12. The Kier molecular flexibility index (Phi) is 8.50. The first-order chi connectivity index (χ1) is 32.7. The van der Waals surface area contributed by atoms with Gasteiger partial charge in [0, 0.05) is 101 Å². The molecule has 310 valence electrons. The van der Waals surface area contributed by atoms with Crippen LogP contribution >= 0.6 is 34.0 Å². The maximum absolute atomic E-state index is 2.45.